The van der Waals surface area contributed by atoms with E-state index in [1.165, 1.54) is 0 Å². The third kappa shape index (κ3) is 4.54. The third-order valence-corrected chi connectivity index (χ3v) is 2.00. The molecule has 1 heterocycles. The standard InChI is InChI=1S/C10H15F3N4/c1-9(2,3)7-15-6(16-8(14)17-7)4-5-10(11,12)13/h4-5H2,1-3H3,(H2,14,15,16,17). The Bertz CT molecular complexity index is 396. The minimum absolute atomic E-state index is 0.0397. The number of anilines is 1. The van der Waals surface area contributed by atoms with Gasteiger partial charge in [-0.15, -0.1) is 0 Å². The van der Waals surface area contributed by atoms with E-state index in [9.17, 15) is 13.2 Å². The second kappa shape index (κ2) is 4.46. The van der Waals surface area contributed by atoms with Crippen LogP contribution in [0.15, 0.2) is 0 Å². The maximum absolute atomic E-state index is 12.1. The van der Waals surface area contributed by atoms with Gasteiger partial charge in [0.1, 0.15) is 11.6 Å². The molecule has 0 saturated carbocycles. The topological polar surface area (TPSA) is 64.7 Å². The molecule has 0 unspecified atom stereocenters. The lowest BCUT2D eigenvalue weighted by molar-refractivity contribution is -0.134. The summed E-state index contributed by atoms with van der Waals surface area (Å²) in [4.78, 5) is 11.6. The van der Waals surface area contributed by atoms with Crippen molar-refractivity contribution in [3.8, 4) is 0 Å². The van der Waals surface area contributed by atoms with E-state index >= 15 is 0 Å². The molecule has 17 heavy (non-hydrogen) atoms. The number of aryl methyl sites for hydroxylation is 1. The van der Waals surface area contributed by atoms with Gasteiger partial charge in [-0.25, -0.2) is 4.98 Å². The summed E-state index contributed by atoms with van der Waals surface area (Å²) in [5.74, 6) is 0.448. The highest BCUT2D eigenvalue weighted by Gasteiger charge is 2.28. The molecule has 0 amide bonds. The fraction of sp³-hybridized carbons (Fsp3) is 0.700. The zero-order valence-electron chi connectivity index (χ0n) is 9.97. The molecule has 0 saturated heterocycles. The Kier molecular flexibility index (Phi) is 3.59. The first-order chi connectivity index (χ1) is 7.58. The van der Waals surface area contributed by atoms with E-state index < -0.39 is 12.6 Å². The van der Waals surface area contributed by atoms with Crippen molar-refractivity contribution >= 4 is 5.95 Å². The van der Waals surface area contributed by atoms with E-state index in [4.69, 9.17) is 5.73 Å². The van der Waals surface area contributed by atoms with Crippen LogP contribution < -0.4 is 5.73 Å². The number of halogens is 3. The van der Waals surface area contributed by atoms with Crippen LogP contribution in [-0.2, 0) is 11.8 Å². The molecule has 0 spiro atoms. The van der Waals surface area contributed by atoms with E-state index in [1.807, 2.05) is 20.8 Å². The van der Waals surface area contributed by atoms with Crippen LogP contribution in [-0.4, -0.2) is 21.1 Å². The fourth-order valence-electron chi connectivity index (χ4n) is 1.14. The van der Waals surface area contributed by atoms with Gasteiger partial charge in [-0.05, 0) is 0 Å². The first kappa shape index (κ1) is 13.7. The molecule has 0 fully saturated rings. The molecular formula is C10H15F3N4. The largest absolute Gasteiger partial charge is 0.389 e. The van der Waals surface area contributed by atoms with Crippen molar-refractivity contribution in [2.24, 2.45) is 0 Å². The molecule has 7 heteroatoms. The van der Waals surface area contributed by atoms with Gasteiger partial charge in [-0.3, -0.25) is 0 Å². The molecule has 1 aromatic heterocycles. The fourth-order valence-corrected chi connectivity index (χ4v) is 1.14. The summed E-state index contributed by atoms with van der Waals surface area (Å²) in [5, 5.41) is 0. The van der Waals surface area contributed by atoms with E-state index in [0.717, 1.165) is 0 Å². The molecule has 0 aliphatic heterocycles. The van der Waals surface area contributed by atoms with Crippen molar-refractivity contribution in [1.82, 2.24) is 15.0 Å². The van der Waals surface area contributed by atoms with Crippen LogP contribution >= 0.6 is 0 Å². The highest BCUT2D eigenvalue weighted by molar-refractivity contribution is 5.19. The predicted molar refractivity (Wildman–Crippen MR) is 57.3 cm³/mol. The first-order valence-corrected chi connectivity index (χ1v) is 5.15. The smallest absolute Gasteiger partial charge is 0.368 e. The average molecular weight is 248 g/mol. The van der Waals surface area contributed by atoms with Crippen molar-refractivity contribution in [3.05, 3.63) is 11.6 Å². The second-order valence-electron chi connectivity index (χ2n) is 4.80. The van der Waals surface area contributed by atoms with Crippen molar-refractivity contribution in [2.75, 3.05) is 5.73 Å². The SMILES string of the molecule is CC(C)(C)c1nc(N)nc(CCC(F)(F)F)n1. The molecule has 0 radical (unpaired) electrons. The molecule has 1 aromatic rings. The molecule has 0 aliphatic carbocycles. The lowest BCUT2D eigenvalue weighted by Crippen LogP contribution is -2.20. The van der Waals surface area contributed by atoms with Crippen molar-refractivity contribution in [1.29, 1.82) is 0 Å². The Morgan fingerprint density at radius 1 is 1.06 bits per heavy atom. The van der Waals surface area contributed by atoms with Crippen LogP contribution in [0.5, 0.6) is 0 Å². The minimum atomic E-state index is -4.22. The Balaban J connectivity index is 2.91. The average Bonchev–Trinajstić information content (AvgIpc) is 2.11. The number of hydrogen-bond donors (Lipinski definition) is 1. The maximum Gasteiger partial charge on any atom is 0.389 e. The van der Waals surface area contributed by atoms with Gasteiger partial charge in [-0.2, -0.15) is 23.1 Å². The quantitative estimate of drug-likeness (QED) is 0.871. The minimum Gasteiger partial charge on any atom is -0.368 e. The zero-order valence-corrected chi connectivity index (χ0v) is 9.97. The van der Waals surface area contributed by atoms with Crippen molar-refractivity contribution in [3.63, 3.8) is 0 Å². The summed E-state index contributed by atoms with van der Waals surface area (Å²) < 4.78 is 36.2. The lowest BCUT2D eigenvalue weighted by atomic mass is 9.96. The number of nitrogens with zero attached hydrogens (tertiary/aromatic N) is 3. The zero-order chi connectivity index (χ0) is 13.3. The Hall–Kier alpha value is -1.40. The highest BCUT2D eigenvalue weighted by atomic mass is 19.4. The molecular weight excluding hydrogens is 233 g/mol. The predicted octanol–water partition coefficient (Wildman–Crippen LogP) is 2.25. The van der Waals surface area contributed by atoms with Crippen LogP contribution in [0, 0.1) is 0 Å². The Morgan fingerprint density at radius 3 is 2.12 bits per heavy atom. The number of hydrogen-bond acceptors (Lipinski definition) is 4. The summed E-state index contributed by atoms with van der Waals surface area (Å²) in [6.45, 7) is 5.57. The number of rotatable bonds is 2. The molecule has 0 aliphatic rings. The number of alkyl halides is 3. The van der Waals surface area contributed by atoms with Crippen LogP contribution in [0.3, 0.4) is 0 Å². The summed E-state index contributed by atoms with van der Waals surface area (Å²) in [6.07, 6.45) is -5.46. The van der Waals surface area contributed by atoms with E-state index in [-0.39, 0.29) is 23.6 Å². The van der Waals surface area contributed by atoms with Crippen LogP contribution in [0.2, 0.25) is 0 Å². The van der Waals surface area contributed by atoms with Gasteiger partial charge >= 0.3 is 6.18 Å². The molecule has 96 valence electrons. The van der Waals surface area contributed by atoms with E-state index in [1.54, 1.807) is 0 Å². The van der Waals surface area contributed by atoms with Crippen LogP contribution in [0.4, 0.5) is 19.1 Å². The van der Waals surface area contributed by atoms with Gasteiger partial charge < -0.3 is 5.73 Å². The molecule has 1 rings (SSSR count). The van der Waals surface area contributed by atoms with Gasteiger partial charge in [0.2, 0.25) is 5.95 Å². The normalized spacial score (nSPS) is 12.8. The summed E-state index contributed by atoms with van der Waals surface area (Å²) >= 11 is 0. The van der Waals surface area contributed by atoms with Gasteiger partial charge in [0, 0.05) is 11.8 Å². The second-order valence-corrected chi connectivity index (χ2v) is 4.80. The maximum atomic E-state index is 12.1. The molecule has 2 N–H and O–H groups in total. The first-order valence-electron chi connectivity index (χ1n) is 5.15. The molecule has 0 atom stereocenters. The van der Waals surface area contributed by atoms with Gasteiger partial charge in [0.25, 0.3) is 0 Å². The van der Waals surface area contributed by atoms with E-state index in [0.29, 0.717) is 5.82 Å². The van der Waals surface area contributed by atoms with Crippen molar-refractivity contribution in [2.45, 2.75) is 45.2 Å². The van der Waals surface area contributed by atoms with Gasteiger partial charge in [0.15, 0.2) is 0 Å². The molecule has 0 bridgehead atoms. The summed E-state index contributed by atoms with van der Waals surface area (Å²) in [6, 6.07) is 0. The number of aromatic nitrogens is 3. The van der Waals surface area contributed by atoms with E-state index in [2.05, 4.69) is 15.0 Å². The Morgan fingerprint density at radius 2 is 1.65 bits per heavy atom. The van der Waals surface area contributed by atoms with Crippen LogP contribution in [0.1, 0.15) is 38.8 Å². The van der Waals surface area contributed by atoms with Gasteiger partial charge in [-0.1, -0.05) is 20.8 Å². The van der Waals surface area contributed by atoms with Crippen LogP contribution in [0.25, 0.3) is 0 Å². The third-order valence-electron chi connectivity index (χ3n) is 2.00. The summed E-state index contributed by atoms with van der Waals surface area (Å²) in [7, 11) is 0. The van der Waals surface area contributed by atoms with Gasteiger partial charge in [0.05, 0.1) is 6.42 Å². The molecule has 4 nitrogen and oxygen atoms in total. The monoisotopic (exact) mass is 248 g/mol. The number of nitrogens with two attached hydrogens (primary N) is 1. The van der Waals surface area contributed by atoms with Crippen molar-refractivity contribution < 1.29 is 13.2 Å². The number of nitrogen functional groups attached to an aromatic ring is 1. The lowest BCUT2D eigenvalue weighted by Gasteiger charge is -2.17. The Labute approximate surface area is 97.5 Å². The molecule has 0 aromatic carbocycles. The highest BCUT2D eigenvalue weighted by Crippen LogP contribution is 2.22. The summed E-state index contributed by atoms with van der Waals surface area (Å²) in [5.41, 5.74) is 5.08.